The van der Waals surface area contributed by atoms with Crippen molar-refractivity contribution in [3.8, 4) is 17.2 Å². The molecular weight excluding hydrogens is 407 g/mol. The molecule has 8 heteroatoms. The van der Waals surface area contributed by atoms with Crippen LogP contribution in [0.4, 0.5) is 4.39 Å². The second-order valence-corrected chi connectivity index (χ2v) is 8.65. The molecule has 3 heterocycles. The Labute approximate surface area is 187 Å². The molecule has 0 unspecified atom stereocenters. The minimum absolute atomic E-state index is 0.0198. The number of aromatic nitrogens is 4. The van der Waals surface area contributed by atoms with Gasteiger partial charge in [-0.3, -0.25) is 9.69 Å². The van der Waals surface area contributed by atoms with Gasteiger partial charge in [0.25, 0.3) is 11.9 Å². The van der Waals surface area contributed by atoms with E-state index in [-0.39, 0.29) is 17.6 Å². The number of hydrogen-bond acceptors (Lipinski definition) is 5. The molecule has 32 heavy (non-hydrogen) atoms. The smallest absolute Gasteiger partial charge is 0.257 e. The van der Waals surface area contributed by atoms with Gasteiger partial charge in [-0.15, -0.1) is 0 Å². The van der Waals surface area contributed by atoms with Gasteiger partial charge in [-0.25, -0.2) is 19.0 Å². The Morgan fingerprint density at radius 3 is 2.41 bits per heavy atom. The fraction of sp³-hybridized carbons (Fsp3) is 0.417. The van der Waals surface area contributed by atoms with Gasteiger partial charge in [-0.05, 0) is 38.0 Å². The lowest BCUT2D eigenvalue weighted by atomic mass is 10.0. The molecule has 7 nitrogen and oxygen atoms in total. The topological polar surface area (TPSA) is 67.2 Å². The van der Waals surface area contributed by atoms with Crippen LogP contribution in [-0.2, 0) is 0 Å². The highest BCUT2D eigenvalue weighted by Gasteiger charge is 2.28. The molecule has 0 radical (unpaired) electrons. The number of carbonyl (C=O) groups is 1. The molecule has 0 N–H and O–H groups in total. The Kier molecular flexibility index (Phi) is 6.32. The molecule has 1 saturated heterocycles. The van der Waals surface area contributed by atoms with Gasteiger partial charge in [0, 0.05) is 44.0 Å². The SMILES string of the molecule is CC(C)c1c(C(=O)N2CCN(C(C)C)CC2)cnn1-c1nccc(-c2ccccc2F)n1. The van der Waals surface area contributed by atoms with E-state index in [0.29, 0.717) is 41.9 Å². The number of nitrogens with zero attached hydrogens (tertiary/aromatic N) is 6. The van der Waals surface area contributed by atoms with Crippen molar-refractivity contribution >= 4 is 5.91 Å². The standard InChI is InChI=1S/C24H29FN6O/c1-16(2)22-19(23(32)30-13-11-29(12-14-30)17(3)4)15-27-31(22)24-26-10-9-21(28-24)18-7-5-6-8-20(18)25/h5-10,15-17H,11-14H2,1-4H3. The van der Waals surface area contributed by atoms with Crippen molar-refractivity contribution in [2.45, 2.75) is 39.7 Å². The van der Waals surface area contributed by atoms with Crippen molar-refractivity contribution in [2.24, 2.45) is 0 Å². The van der Waals surface area contributed by atoms with E-state index in [1.54, 1.807) is 41.3 Å². The average Bonchev–Trinajstić information content (AvgIpc) is 3.25. The zero-order valence-corrected chi connectivity index (χ0v) is 19.0. The summed E-state index contributed by atoms with van der Waals surface area (Å²) in [6.07, 6.45) is 3.19. The van der Waals surface area contributed by atoms with Crippen molar-refractivity contribution in [2.75, 3.05) is 26.2 Å². The molecule has 1 aliphatic heterocycles. The predicted octanol–water partition coefficient (Wildman–Crippen LogP) is 3.76. The van der Waals surface area contributed by atoms with E-state index in [2.05, 4.69) is 33.8 Å². The van der Waals surface area contributed by atoms with Crippen LogP contribution in [0.25, 0.3) is 17.2 Å². The lowest BCUT2D eigenvalue weighted by Gasteiger charge is -2.37. The molecule has 0 spiro atoms. The van der Waals surface area contributed by atoms with Crippen molar-refractivity contribution in [3.05, 3.63) is 59.8 Å². The number of hydrogen-bond donors (Lipinski definition) is 0. The maximum atomic E-state index is 14.3. The van der Waals surface area contributed by atoms with Crippen LogP contribution in [-0.4, -0.2) is 67.7 Å². The molecule has 0 bridgehead atoms. The maximum Gasteiger partial charge on any atom is 0.257 e. The van der Waals surface area contributed by atoms with Crippen molar-refractivity contribution in [3.63, 3.8) is 0 Å². The lowest BCUT2D eigenvalue weighted by Crippen LogP contribution is -2.50. The first-order valence-electron chi connectivity index (χ1n) is 11.1. The number of halogens is 1. The van der Waals surface area contributed by atoms with Crippen molar-refractivity contribution < 1.29 is 9.18 Å². The minimum atomic E-state index is -0.349. The molecule has 0 saturated carbocycles. The van der Waals surface area contributed by atoms with Gasteiger partial charge in [0.05, 0.1) is 23.1 Å². The summed E-state index contributed by atoms with van der Waals surface area (Å²) in [5.74, 6) is -0.0287. The molecule has 1 aromatic carbocycles. The number of amides is 1. The van der Waals surface area contributed by atoms with Crippen LogP contribution in [0.5, 0.6) is 0 Å². The fourth-order valence-corrected chi connectivity index (χ4v) is 4.12. The summed E-state index contributed by atoms with van der Waals surface area (Å²) in [5.41, 5.74) is 2.19. The Hall–Kier alpha value is -3.13. The molecule has 0 aliphatic carbocycles. The highest BCUT2D eigenvalue weighted by molar-refractivity contribution is 5.95. The quantitative estimate of drug-likeness (QED) is 0.609. The fourth-order valence-electron chi connectivity index (χ4n) is 4.12. The molecule has 2 aromatic heterocycles. The van der Waals surface area contributed by atoms with Gasteiger partial charge in [-0.1, -0.05) is 26.0 Å². The molecule has 4 rings (SSSR count). The van der Waals surface area contributed by atoms with E-state index in [4.69, 9.17) is 0 Å². The second kappa shape index (κ2) is 9.16. The largest absolute Gasteiger partial charge is 0.336 e. The summed E-state index contributed by atoms with van der Waals surface area (Å²) >= 11 is 0. The van der Waals surface area contributed by atoms with Gasteiger partial charge >= 0.3 is 0 Å². The van der Waals surface area contributed by atoms with Crippen LogP contribution in [0.15, 0.2) is 42.7 Å². The first-order chi connectivity index (χ1) is 15.4. The van der Waals surface area contributed by atoms with Gasteiger partial charge < -0.3 is 4.90 Å². The van der Waals surface area contributed by atoms with Gasteiger partial charge in [0.1, 0.15) is 5.82 Å². The maximum absolute atomic E-state index is 14.3. The van der Waals surface area contributed by atoms with Crippen molar-refractivity contribution in [1.82, 2.24) is 29.5 Å². The third-order valence-electron chi connectivity index (χ3n) is 5.90. The molecular formula is C24H29FN6O. The van der Waals surface area contributed by atoms with E-state index in [1.165, 1.54) is 6.07 Å². The third kappa shape index (κ3) is 4.27. The summed E-state index contributed by atoms with van der Waals surface area (Å²) < 4.78 is 15.9. The monoisotopic (exact) mass is 436 g/mol. The van der Waals surface area contributed by atoms with Crippen LogP contribution >= 0.6 is 0 Å². The van der Waals surface area contributed by atoms with E-state index in [0.717, 1.165) is 18.8 Å². The van der Waals surface area contributed by atoms with E-state index in [1.807, 2.05) is 18.7 Å². The van der Waals surface area contributed by atoms with Gasteiger partial charge in [0.15, 0.2) is 0 Å². The zero-order valence-electron chi connectivity index (χ0n) is 19.0. The first-order valence-corrected chi connectivity index (χ1v) is 11.1. The highest BCUT2D eigenvalue weighted by atomic mass is 19.1. The van der Waals surface area contributed by atoms with Crippen LogP contribution in [0.3, 0.4) is 0 Å². The van der Waals surface area contributed by atoms with Gasteiger partial charge in [0.2, 0.25) is 0 Å². The predicted molar refractivity (Wildman–Crippen MR) is 121 cm³/mol. The summed E-state index contributed by atoms with van der Waals surface area (Å²) in [6, 6.07) is 8.63. The number of benzene rings is 1. The molecule has 1 amide bonds. The zero-order chi connectivity index (χ0) is 22.8. The number of rotatable bonds is 5. The Balaban J connectivity index is 1.66. The second-order valence-electron chi connectivity index (χ2n) is 8.65. The molecule has 1 fully saturated rings. The van der Waals surface area contributed by atoms with E-state index in [9.17, 15) is 9.18 Å². The van der Waals surface area contributed by atoms with Gasteiger partial charge in [-0.2, -0.15) is 5.10 Å². The normalized spacial score (nSPS) is 15.0. The molecule has 1 aliphatic rings. The summed E-state index contributed by atoms with van der Waals surface area (Å²) in [7, 11) is 0. The van der Waals surface area contributed by atoms with Crippen LogP contribution in [0.2, 0.25) is 0 Å². The Morgan fingerprint density at radius 2 is 1.75 bits per heavy atom. The first kappa shape index (κ1) is 22.1. The molecule has 168 valence electrons. The highest BCUT2D eigenvalue weighted by Crippen LogP contribution is 2.25. The Bertz CT molecular complexity index is 1100. The summed E-state index contributed by atoms with van der Waals surface area (Å²) in [6.45, 7) is 11.5. The van der Waals surface area contributed by atoms with Crippen LogP contribution in [0, 0.1) is 5.82 Å². The number of carbonyl (C=O) groups excluding carboxylic acids is 1. The number of piperazine rings is 1. The third-order valence-corrected chi connectivity index (χ3v) is 5.90. The lowest BCUT2D eigenvalue weighted by molar-refractivity contribution is 0.0594. The summed E-state index contributed by atoms with van der Waals surface area (Å²) in [5, 5.41) is 4.46. The van der Waals surface area contributed by atoms with Crippen LogP contribution in [0.1, 0.15) is 49.7 Å². The average molecular weight is 437 g/mol. The minimum Gasteiger partial charge on any atom is -0.336 e. The molecule has 0 atom stereocenters. The van der Waals surface area contributed by atoms with E-state index < -0.39 is 0 Å². The van der Waals surface area contributed by atoms with Crippen molar-refractivity contribution in [1.29, 1.82) is 0 Å². The Morgan fingerprint density at radius 1 is 1.03 bits per heavy atom. The molecule has 3 aromatic rings. The summed E-state index contributed by atoms with van der Waals surface area (Å²) in [4.78, 5) is 26.5. The van der Waals surface area contributed by atoms with E-state index >= 15 is 0 Å². The van der Waals surface area contributed by atoms with Crippen LogP contribution < -0.4 is 0 Å².